The second-order valence-corrected chi connectivity index (χ2v) is 9.43. The minimum Gasteiger partial charge on any atom is -0.487 e. The summed E-state index contributed by atoms with van der Waals surface area (Å²) in [4.78, 5) is 27.3. The fourth-order valence-corrected chi connectivity index (χ4v) is 3.76. The average Bonchev–Trinajstić information content (AvgIpc) is 2.76. The van der Waals surface area contributed by atoms with Gasteiger partial charge >= 0.3 is 12.0 Å². The number of esters is 1. The summed E-state index contributed by atoms with van der Waals surface area (Å²) in [6, 6.07) is 12.9. The van der Waals surface area contributed by atoms with Crippen molar-refractivity contribution < 1.29 is 19.1 Å². The summed E-state index contributed by atoms with van der Waals surface area (Å²) in [5.74, 6) is 0.215. The molecule has 1 heterocycles. The Balaban J connectivity index is 2.02. The van der Waals surface area contributed by atoms with Crippen LogP contribution in [0.25, 0.3) is 0 Å². The lowest BCUT2D eigenvalue weighted by Gasteiger charge is -2.34. The van der Waals surface area contributed by atoms with Crippen molar-refractivity contribution >= 4 is 12.0 Å². The number of urea groups is 1. The third-order valence-corrected chi connectivity index (χ3v) is 6.04. The van der Waals surface area contributed by atoms with Crippen molar-refractivity contribution in [3.8, 4) is 5.75 Å². The van der Waals surface area contributed by atoms with Crippen LogP contribution in [-0.4, -0.2) is 37.2 Å². The predicted octanol–water partition coefficient (Wildman–Crippen LogP) is 5.19. The van der Waals surface area contributed by atoms with Gasteiger partial charge < -0.3 is 14.8 Å². The first-order valence-corrected chi connectivity index (χ1v) is 11.3. The van der Waals surface area contributed by atoms with Crippen molar-refractivity contribution in [1.29, 1.82) is 0 Å². The largest absolute Gasteiger partial charge is 0.487 e. The van der Waals surface area contributed by atoms with Gasteiger partial charge in [-0.2, -0.15) is 0 Å². The third-order valence-electron chi connectivity index (χ3n) is 6.04. The topological polar surface area (TPSA) is 67.9 Å². The molecule has 2 aromatic rings. The normalized spacial score (nSPS) is 16.5. The highest BCUT2D eigenvalue weighted by Gasteiger charge is 2.37. The number of likely N-dealkylation sites (N-methyl/N-ethyl adjacent to an activating group) is 1. The molecule has 6 heteroatoms. The zero-order valence-electron chi connectivity index (χ0n) is 20.6. The lowest BCUT2D eigenvalue weighted by molar-refractivity contribution is -0.139. The molecule has 0 spiro atoms. The van der Waals surface area contributed by atoms with Crippen molar-refractivity contribution in [2.75, 3.05) is 20.3 Å². The fourth-order valence-electron chi connectivity index (χ4n) is 3.76. The Morgan fingerprint density at radius 2 is 1.73 bits per heavy atom. The molecular formula is C27H34N2O4. The van der Waals surface area contributed by atoms with E-state index in [0.29, 0.717) is 17.0 Å². The standard InChI is InChI=1S/C27H34N2O4/c1-8-32-25(30)23-22(16-33-21-14-9-17(2)18(3)15-21)29(7)26(31)28-24(23)19-10-12-20(13-11-19)27(4,5)6/h9-15,24H,8,16H2,1-7H3,(H,28,31). The van der Waals surface area contributed by atoms with E-state index in [1.165, 1.54) is 16.0 Å². The van der Waals surface area contributed by atoms with Crippen LogP contribution in [0.3, 0.4) is 0 Å². The first-order valence-electron chi connectivity index (χ1n) is 11.3. The Labute approximate surface area is 196 Å². The molecule has 0 saturated heterocycles. The number of ether oxygens (including phenoxy) is 2. The van der Waals surface area contributed by atoms with Crippen molar-refractivity contribution in [3.05, 3.63) is 76.0 Å². The number of amides is 2. The summed E-state index contributed by atoms with van der Waals surface area (Å²) in [5.41, 5.74) is 5.13. The van der Waals surface area contributed by atoms with Crippen LogP contribution in [-0.2, 0) is 14.9 Å². The zero-order valence-corrected chi connectivity index (χ0v) is 20.6. The van der Waals surface area contributed by atoms with Crippen LogP contribution >= 0.6 is 0 Å². The van der Waals surface area contributed by atoms with E-state index in [2.05, 4.69) is 26.1 Å². The van der Waals surface area contributed by atoms with Crippen molar-refractivity contribution in [2.45, 2.75) is 53.0 Å². The van der Waals surface area contributed by atoms with E-state index in [0.717, 1.165) is 11.1 Å². The zero-order chi connectivity index (χ0) is 24.3. The van der Waals surface area contributed by atoms with E-state index >= 15 is 0 Å². The third kappa shape index (κ3) is 5.38. The van der Waals surface area contributed by atoms with Gasteiger partial charge in [0.05, 0.1) is 23.9 Å². The van der Waals surface area contributed by atoms with Gasteiger partial charge in [-0.25, -0.2) is 9.59 Å². The molecule has 176 valence electrons. The summed E-state index contributed by atoms with van der Waals surface area (Å²) in [5, 5.41) is 2.95. The van der Waals surface area contributed by atoms with Crippen molar-refractivity contribution in [3.63, 3.8) is 0 Å². The number of hydrogen-bond donors (Lipinski definition) is 1. The van der Waals surface area contributed by atoms with Crippen LogP contribution in [0.2, 0.25) is 0 Å². The maximum absolute atomic E-state index is 13.1. The SMILES string of the molecule is CCOC(=O)C1=C(COc2ccc(C)c(C)c2)N(C)C(=O)NC1c1ccc(C(C)(C)C)cc1. The second kappa shape index (κ2) is 9.69. The Bertz CT molecular complexity index is 1060. The monoisotopic (exact) mass is 450 g/mol. The number of nitrogens with zero attached hydrogens (tertiary/aromatic N) is 1. The maximum atomic E-state index is 13.1. The van der Waals surface area contributed by atoms with Gasteiger partial charge in [0.15, 0.2) is 0 Å². The number of nitrogens with one attached hydrogen (secondary N) is 1. The molecule has 0 fully saturated rings. The predicted molar refractivity (Wildman–Crippen MR) is 129 cm³/mol. The molecule has 3 rings (SSSR count). The van der Waals surface area contributed by atoms with Crippen LogP contribution in [0.1, 0.15) is 56.0 Å². The number of rotatable bonds is 6. The Morgan fingerprint density at radius 1 is 1.06 bits per heavy atom. The summed E-state index contributed by atoms with van der Waals surface area (Å²) < 4.78 is 11.4. The lowest BCUT2D eigenvalue weighted by Crippen LogP contribution is -2.48. The molecule has 2 amide bonds. The van der Waals surface area contributed by atoms with Gasteiger partial charge in [-0.3, -0.25) is 4.90 Å². The molecule has 0 aromatic heterocycles. The van der Waals surface area contributed by atoms with Gasteiger partial charge in [0, 0.05) is 7.05 Å². The number of hydrogen-bond acceptors (Lipinski definition) is 4. The fraction of sp³-hybridized carbons (Fsp3) is 0.407. The molecule has 6 nitrogen and oxygen atoms in total. The molecule has 0 saturated carbocycles. The van der Waals surface area contributed by atoms with Gasteiger partial charge in [-0.1, -0.05) is 51.1 Å². The molecule has 1 aliphatic rings. The van der Waals surface area contributed by atoms with E-state index in [1.54, 1.807) is 14.0 Å². The van der Waals surface area contributed by atoms with Crippen LogP contribution in [0.5, 0.6) is 5.75 Å². The van der Waals surface area contributed by atoms with E-state index in [4.69, 9.17) is 9.47 Å². The quantitative estimate of drug-likeness (QED) is 0.615. The van der Waals surface area contributed by atoms with E-state index in [-0.39, 0.29) is 24.7 Å². The van der Waals surface area contributed by atoms with Crippen LogP contribution in [0, 0.1) is 13.8 Å². The van der Waals surface area contributed by atoms with Gasteiger partial charge in [0.2, 0.25) is 0 Å². The first-order chi connectivity index (χ1) is 15.5. The van der Waals surface area contributed by atoms with Crippen LogP contribution in [0.15, 0.2) is 53.7 Å². The molecule has 2 aromatic carbocycles. The van der Waals surface area contributed by atoms with Crippen LogP contribution < -0.4 is 10.1 Å². The molecule has 0 bridgehead atoms. The van der Waals surface area contributed by atoms with E-state index in [9.17, 15) is 9.59 Å². The highest BCUT2D eigenvalue weighted by atomic mass is 16.5. The summed E-state index contributed by atoms with van der Waals surface area (Å²) in [7, 11) is 1.63. The Kier molecular flexibility index (Phi) is 7.15. The highest BCUT2D eigenvalue weighted by Crippen LogP contribution is 2.33. The van der Waals surface area contributed by atoms with E-state index < -0.39 is 12.0 Å². The smallest absolute Gasteiger partial charge is 0.338 e. The molecule has 1 aliphatic heterocycles. The van der Waals surface area contributed by atoms with Crippen molar-refractivity contribution in [1.82, 2.24) is 10.2 Å². The summed E-state index contributed by atoms with van der Waals surface area (Å²) in [6.07, 6.45) is 0. The molecular weight excluding hydrogens is 416 g/mol. The first kappa shape index (κ1) is 24.4. The van der Waals surface area contributed by atoms with Gasteiger partial charge in [0.1, 0.15) is 12.4 Å². The molecule has 33 heavy (non-hydrogen) atoms. The molecule has 0 aliphatic carbocycles. The minimum atomic E-state index is -0.625. The molecule has 1 atom stereocenters. The highest BCUT2D eigenvalue weighted by molar-refractivity contribution is 5.95. The van der Waals surface area contributed by atoms with Crippen LogP contribution in [0.4, 0.5) is 4.79 Å². The Hall–Kier alpha value is -3.28. The lowest BCUT2D eigenvalue weighted by atomic mass is 9.85. The Morgan fingerprint density at radius 3 is 2.30 bits per heavy atom. The van der Waals surface area contributed by atoms with Gasteiger partial charge in [0.25, 0.3) is 0 Å². The number of carbonyl (C=O) groups is 2. The van der Waals surface area contributed by atoms with Gasteiger partial charge in [-0.15, -0.1) is 0 Å². The molecule has 1 N–H and O–H groups in total. The second-order valence-electron chi connectivity index (χ2n) is 9.43. The number of carbonyl (C=O) groups excluding carboxylic acids is 2. The number of aryl methyl sites for hydroxylation is 2. The van der Waals surface area contributed by atoms with E-state index in [1.807, 2.05) is 56.3 Å². The summed E-state index contributed by atoms with van der Waals surface area (Å²) in [6.45, 7) is 12.6. The van der Waals surface area contributed by atoms with Crippen molar-refractivity contribution in [2.24, 2.45) is 0 Å². The minimum absolute atomic E-state index is 0.000456. The number of benzene rings is 2. The molecule has 1 unspecified atom stereocenters. The molecule has 0 radical (unpaired) electrons. The maximum Gasteiger partial charge on any atom is 0.338 e. The van der Waals surface area contributed by atoms with Gasteiger partial charge in [-0.05, 0) is 60.6 Å². The summed E-state index contributed by atoms with van der Waals surface area (Å²) >= 11 is 0. The average molecular weight is 451 g/mol.